The normalized spacial score (nSPS) is 18.3. The molecule has 1 aromatic heterocycles. The van der Waals surface area contributed by atoms with Crippen molar-refractivity contribution in [1.82, 2.24) is 10.3 Å². The number of pyridine rings is 1. The van der Waals surface area contributed by atoms with Gasteiger partial charge >= 0.3 is 6.09 Å². The number of ether oxygens (including phenoxy) is 1. The second kappa shape index (κ2) is 7.30. The number of amides is 1. The first kappa shape index (κ1) is 17.7. The van der Waals surface area contributed by atoms with Gasteiger partial charge in [0.05, 0.1) is 0 Å². The van der Waals surface area contributed by atoms with Crippen molar-refractivity contribution in [2.45, 2.75) is 59.1 Å². The van der Waals surface area contributed by atoms with Crippen molar-refractivity contribution in [3.63, 3.8) is 0 Å². The van der Waals surface area contributed by atoms with Crippen LogP contribution in [-0.2, 0) is 4.74 Å². The van der Waals surface area contributed by atoms with Crippen molar-refractivity contribution in [3.05, 3.63) is 23.9 Å². The SMILES string of the molecule is CC(C)CN(C(=O)OC(C)(C)C)c1ccc([C@H]2CCCN2)cn1. The molecule has 1 aromatic rings. The molecule has 2 heterocycles. The van der Waals surface area contributed by atoms with Crippen molar-refractivity contribution in [2.24, 2.45) is 5.92 Å². The summed E-state index contributed by atoms with van der Waals surface area (Å²) in [5.41, 5.74) is 0.667. The highest BCUT2D eigenvalue weighted by molar-refractivity contribution is 5.86. The molecule has 1 aliphatic heterocycles. The molecule has 0 aromatic carbocycles. The first-order chi connectivity index (χ1) is 10.8. The highest BCUT2D eigenvalue weighted by atomic mass is 16.6. The number of nitrogens with zero attached hydrogens (tertiary/aromatic N) is 2. The first-order valence-electron chi connectivity index (χ1n) is 8.46. The van der Waals surface area contributed by atoms with E-state index in [9.17, 15) is 4.79 Å². The number of hydrogen-bond donors (Lipinski definition) is 1. The molecule has 1 N–H and O–H groups in total. The zero-order valence-corrected chi connectivity index (χ0v) is 14.9. The number of hydrogen-bond acceptors (Lipinski definition) is 4. The lowest BCUT2D eigenvalue weighted by Gasteiger charge is -2.28. The summed E-state index contributed by atoms with van der Waals surface area (Å²) >= 11 is 0. The summed E-state index contributed by atoms with van der Waals surface area (Å²) in [5.74, 6) is 0.982. The first-order valence-corrected chi connectivity index (χ1v) is 8.46. The Labute approximate surface area is 139 Å². The van der Waals surface area contributed by atoms with Gasteiger partial charge in [0.2, 0.25) is 0 Å². The minimum atomic E-state index is -0.514. The van der Waals surface area contributed by atoms with Gasteiger partial charge in [0.25, 0.3) is 0 Å². The van der Waals surface area contributed by atoms with E-state index in [0.29, 0.717) is 24.3 Å². The monoisotopic (exact) mass is 319 g/mol. The van der Waals surface area contributed by atoms with Gasteiger partial charge in [-0.15, -0.1) is 0 Å². The fraction of sp³-hybridized carbons (Fsp3) is 0.667. The smallest absolute Gasteiger partial charge is 0.416 e. The van der Waals surface area contributed by atoms with Gasteiger partial charge in [0, 0.05) is 18.8 Å². The topological polar surface area (TPSA) is 54.5 Å². The highest BCUT2D eigenvalue weighted by Gasteiger charge is 2.25. The number of aromatic nitrogens is 1. The van der Waals surface area contributed by atoms with Crippen LogP contribution in [0.5, 0.6) is 0 Å². The van der Waals surface area contributed by atoms with Crippen LogP contribution in [0.1, 0.15) is 59.1 Å². The zero-order chi connectivity index (χ0) is 17.0. The molecule has 128 valence electrons. The van der Waals surface area contributed by atoms with Crippen LogP contribution < -0.4 is 10.2 Å². The predicted octanol–water partition coefficient (Wildman–Crippen LogP) is 3.90. The van der Waals surface area contributed by atoms with Crippen LogP contribution in [-0.4, -0.2) is 29.8 Å². The quantitative estimate of drug-likeness (QED) is 0.914. The minimum absolute atomic E-state index is 0.334. The van der Waals surface area contributed by atoms with E-state index in [1.54, 1.807) is 4.90 Å². The Balaban J connectivity index is 2.16. The Hall–Kier alpha value is -1.62. The van der Waals surface area contributed by atoms with Crippen molar-refractivity contribution >= 4 is 11.9 Å². The van der Waals surface area contributed by atoms with Crippen LogP contribution in [0.15, 0.2) is 18.3 Å². The van der Waals surface area contributed by atoms with Crippen LogP contribution in [0.2, 0.25) is 0 Å². The second-order valence-corrected chi connectivity index (χ2v) is 7.58. The van der Waals surface area contributed by atoms with Crippen LogP contribution in [0.3, 0.4) is 0 Å². The van der Waals surface area contributed by atoms with Crippen LogP contribution in [0, 0.1) is 5.92 Å². The summed E-state index contributed by atoms with van der Waals surface area (Å²) in [7, 11) is 0. The fourth-order valence-electron chi connectivity index (χ4n) is 2.68. The van der Waals surface area contributed by atoms with E-state index in [-0.39, 0.29) is 6.09 Å². The molecule has 1 aliphatic rings. The molecule has 0 bridgehead atoms. The van der Waals surface area contributed by atoms with Gasteiger partial charge in [-0.3, -0.25) is 4.90 Å². The third kappa shape index (κ3) is 5.20. The molecule has 23 heavy (non-hydrogen) atoms. The maximum atomic E-state index is 12.5. The number of rotatable bonds is 4. The molecule has 2 rings (SSSR count). The van der Waals surface area contributed by atoms with Gasteiger partial charge in [-0.25, -0.2) is 9.78 Å². The van der Waals surface area contributed by atoms with E-state index in [2.05, 4.69) is 30.2 Å². The lowest BCUT2D eigenvalue weighted by Crippen LogP contribution is -2.39. The molecule has 5 heteroatoms. The zero-order valence-electron chi connectivity index (χ0n) is 14.9. The van der Waals surface area contributed by atoms with E-state index in [1.807, 2.05) is 33.0 Å². The molecular formula is C18H29N3O2. The van der Waals surface area contributed by atoms with Crippen molar-refractivity contribution < 1.29 is 9.53 Å². The third-order valence-electron chi connectivity index (χ3n) is 3.67. The lowest BCUT2D eigenvalue weighted by molar-refractivity contribution is 0.0575. The molecule has 1 fully saturated rings. The van der Waals surface area contributed by atoms with Gasteiger partial charge in [0.1, 0.15) is 11.4 Å². The number of carbonyl (C=O) groups excluding carboxylic acids is 1. The largest absolute Gasteiger partial charge is 0.443 e. The van der Waals surface area contributed by atoms with Gasteiger partial charge in [-0.1, -0.05) is 19.9 Å². The Morgan fingerprint density at radius 2 is 2.17 bits per heavy atom. The van der Waals surface area contributed by atoms with Gasteiger partial charge < -0.3 is 10.1 Å². The Kier molecular flexibility index (Phi) is 5.63. The summed E-state index contributed by atoms with van der Waals surface area (Å²) in [4.78, 5) is 18.6. The third-order valence-corrected chi connectivity index (χ3v) is 3.67. The molecule has 0 unspecified atom stereocenters. The van der Waals surface area contributed by atoms with Crippen molar-refractivity contribution in [3.8, 4) is 0 Å². The van der Waals surface area contributed by atoms with Gasteiger partial charge in [-0.05, 0) is 57.7 Å². The molecule has 0 spiro atoms. The van der Waals surface area contributed by atoms with Crippen molar-refractivity contribution in [2.75, 3.05) is 18.0 Å². The van der Waals surface area contributed by atoms with Crippen LogP contribution in [0.25, 0.3) is 0 Å². The Morgan fingerprint density at radius 1 is 1.43 bits per heavy atom. The van der Waals surface area contributed by atoms with Crippen molar-refractivity contribution in [1.29, 1.82) is 0 Å². The summed E-state index contributed by atoms with van der Waals surface area (Å²) in [6.07, 6.45) is 3.87. The molecule has 1 saturated heterocycles. The summed E-state index contributed by atoms with van der Waals surface area (Å²) in [5, 5.41) is 3.46. The highest BCUT2D eigenvalue weighted by Crippen LogP contribution is 2.24. The molecule has 0 saturated carbocycles. The number of anilines is 1. The molecule has 0 aliphatic carbocycles. The second-order valence-electron chi connectivity index (χ2n) is 7.58. The van der Waals surface area contributed by atoms with E-state index in [4.69, 9.17) is 4.74 Å². The maximum absolute atomic E-state index is 12.5. The molecule has 0 radical (unpaired) electrons. The Morgan fingerprint density at radius 3 is 2.65 bits per heavy atom. The van der Waals surface area contributed by atoms with Crippen LogP contribution >= 0.6 is 0 Å². The summed E-state index contributed by atoms with van der Waals surface area (Å²) in [6, 6.07) is 4.36. The van der Waals surface area contributed by atoms with E-state index < -0.39 is 5.60 Å². The summed E-state index contributed by atoms with van der Waals surface area (Å²) < 4.78 is 5.52. The van der Waals surface area contributed by atoms with E-state index in [0.717, 1.165) is 13.0 Å². The molecule has 1 atom stereocenters. The molecular weight excluding hydrogens is 290 g/mol. The number of nitrogens with one attached hydrogen (secondary N) is 1. The standard InChI is InChI=1S/C18H29N3O2/c1-13(2)12-21(17(22)23-18(3,4)5)16-9-8-14(11-20-16)15-7-6-10-19-15/h8-9,11,13,15,19H,6-7,10,12H2,1-5H3/t15-/m1/s1. The number of carbonyl (C=O) groups is 1. The minimum Gasteiger partial charge on any atom is -0.443 e. The van der Waals surface area contributed by atoms with E-state index in [1.165, 1.54) is 12.0 Å². The fourth-order valence-corrected chi connectivity index (χ4v) is 2.68. The Bertz CT molecular complexity index is 514. The van der Waals surface area contributed by atoms with E-state index >= 15 is 0 Å². The lowest BCUT2D eigenvalue weighted by atomic mass is 10.1. The maximum Gasteiger partial charge on any atom is 0.416 e. The van der Waals surface area contributed by atoms with Gasteiger partial charge in [0.15, 0.2) is 0 Å². The average molecular weight is 319 g/mol. The predicted molar refractivity (Wildman–Crippen MR) is 92.6 cm³/mol. The molecule has 1 amide bonds. The van der Waals surface area contributed by atoms with Crippen LogP contribution in [0.4, 0.5) is 10.6 Å². The molecule has 5 nitrogen and oxygen atoms in total. The summed E-state index contributed by atoms with van der Waals surface area (Å²) in [6.45, 7) is 11.4. The average Bonchev–Trinajstić information content (AvgIpc) is 2.97. The van der Waals surface area contributed by atoms with Gasteiger partial charge in [-0.2, -0.15) is 0 Å².